The van der Waals surface area contributed by atoms with Gasteiger partial charge in [0.2, 0.25) is 5.76 Å². The molecule has 0 bridgehead atoms. The van der Waals surface area contributed by atoms with E-state index in [2.05, 4.69) is 0 Å². The molecule has 0 aliphatic carbocycles. The van der Waals surface area contributed by atoms with Gasteiger partial charge in [0.15, 0.2) is 0 Å². The highest BCUT2D eigenvalue weighted by atomic mass is 16.5. The van der Waals surface area contributed by atoms with Crippen molar-refractivity contribution in [2.75, 3.05) is 0 Å². The number of rotatable bonds is 4. The first-order valence-electron chi connectivity index (χ1n) is 4.45. The number of aliphatic carboxylic acids is 1. The van der Waals surface area contributed by atoms with Crippen LogP contribution in [0.2, 0.25) is 0 Å². The minimum absolute atomic E-state index is 0.497. The van der Waals surface area contributed by atoms with Gasteiger partial charge in [-0.2, -0.15) is 0 Å². The number of para-hydroxylation sites is 1. The minimum atomic E-state index is -1.36. The molecule has 2 N–H and O–H groups in total. The van der Waals surface area contributed by atoms with E-state index in [4.69, 9.17) is 14.9 Å². The van der Waals surface area contributed by atoms with Gasteiger partial charge in [0.25, 0.3) is 0 Å². The van der Waals surface area contributed by atoms with Gasteiger partial charge in [0.1, 0.15) is 11.9 Å². The average molecular weight is 208 g/mol. The van der Waals surface area contributed by atoms with E-state index in [9.17, 15) is 4.79 Å². The fourth-order valence-corrected chi connectivity index (χ4v) is 1.04. The van der Waals surface area contributed by atoms with Crippen molar-refractivity contribution in [3.63, 3.8) is 0 Å². The van der Waals surface area contributed by atoms with Crippen molar-refractivity contribution < 1.29 is 19.7 Å². The van der Waals surface area contributed by atoms with Crippen LogP contribution in [0.5, 0.6) is 5.75 Å². The Balaban J connectivity index is 2.61. The van der Waals surface area contributed by atoms with Gasteiger partial charge in [-0.3, -0.25) is 0 Å². The topological polar surface area (TPSA) is 66.8 Å². The zero-order valence-electron chi connectivity index (χ0n) is 8.25. The van der Waals surface area contributed by atoms with Crippen LogP contribution in [0.4, 0.5) is 0 Å². The maximum absolute atomic E-state index is 10.3. The van der Waals surface area contributed by atoms with Crippen LogP contribution < -0.4 is 4.74 Å². The van der Waals surface area contributed by atoms with E-state index in [1.165, 1.54) is 0 Å². The summed E-state index contributed by atoms with van der Waals surface area (Å²) in [6.07, 6.45) is 0.637. The molecule has 1 atom stereocenters. The fraction of sp³-hybridized carbons (Fsp3) is 0.182. The lowest BCUT2D eigenvalue weighted by Crippen LogP contribution is -2.11. The Bertz CT molecular complexity index is 356. The van der Waals surface area contributed by atoms with Crippen LogP contribution >= 0.6 is 0 Å². The second-order valence-electron chi connectivity index (χ2n) is 2.99. The molecule has 0 saturated carbocycles. The summed E-state index contributed by atoms with van der Waals surface area (Å²) in [7, 11) is 0. The van der Waals surface area contributed by atoms with Crippen molar-refractivity contribution in [2.45, 2.75) is 13.0 Å². The summed E-state index contributed by atoms with van der Waals surface area (Å²) in [4.78, 5) is 10.3. The van der Waals surface area contributed by atoms with E-state index in [0.717, 1.165) is 6.08 Å². The third-order valence-corrected chi connectivity index (χ3v) is 1.68. The molecule has 0 aliphatic heterocycles. The molecule has 0 aliphatic rings. The minimum Gasteiger partial charge on any atom is -0.502 e. The largest absolute Gasteiger partial charge is 0.502 e. The van der Waals surface area contributed by atoms with Crippen LogP contribution in [-0.2, 0) is 4.79 Å². The Morgan fingerprint density at radius 1 is 1.33 bits per heavy atom. The number of aliphatic hydroxyl groups excluding tert-OH is 1. The highest BCUT2D eigenvalue weighted by Gasteiger charge is 2.07. The molecule has 1 rings (SSSR count). The van der Waals surface area contributed by atoms with Crippen molar-refractivity contribution in [3.05, 3.63) is 42.2 Å². The standard InChI is InChI=1S/C11H12O4/c1-8(7-10(12)11(13)14)15-9-5-3-2-4-6-9/h2-8,12H,1H3,(H,13,14)/b10-7-. The summed E-state index contributed by atoms with van der Waals surface area (Å²) in [6, 6.07) is 8.97. The summed E-state index contributed by atoms with van der Waals surface area (Å²) < 4.78 is 5.34. The van der Waals surface area contributed by atoms with Crippen LogP contribution in [0, 0.1) is 0 Å². The van der Waals surface area contributed by atoms with Crippen LogP contribution in [0.15, 0.2) is 42.2 Å². The smallest absolute Gasteiger partial charge is 0.370 e. The third-order valence-electron chi connectivity index (χ3n) is 1.68. The molecule has 0 spiro atoms. The first kappa shape index (κ1) is 11.1. The van der Waals surface area contributed by atoms with Gasteiger partial charge >= 0.3 is 5.97 Å². The van der Waals surface area contributed by atoms with E-state index >= 15 is 0 Å². The quantitative estimate of drug-likeness (QED) is 0.586. The molecule has 0 fully saturated rings. The maximum atomic E-state index is 10.3. The number of ether oxygens (including phenoxy) is 1. The van der Waals surface area contributed by atoms with E-state index in [1.54, 1.807) is 19.1 Å². The molecule has 15 heavy (non-hydrogen) atoms. The van der Waals surface area contributed by atoms with E-state index < -0.39 is 17.8 Å². The average Bonchev–Trinajstić information content (AvgIpc) is 2.18. The van der Waals surface area contributed by atoms with E-state index in [0.29, 0.717) is 5.75 Å². The van der Waals surface area contributed by atoms with Crippen molar-refractivity contribution in [1.82, 2.24) is 0 Å². The highest BCUT2D eigenvalue weighted by molar-refractivity contribution is 5.83. The predicted molar refractivity (Wildman–Crippen MR) is 54.9 cm³/mol. The van der Waals surface area contributed by atoms with Crippen LogP contribution in [-0.4, -0.2) is 22.3 Å². The Labute approximate surface area is 87.4 Å². The lowest BCUT2D eigenvalue weighted by Gasteiger charge is -2.10. The lowest BCUT2D eigenvalue weighted by molar-refractivity contribution is -0.135. The molecule has 0 radical (unpaired) electrons. The van der Waals surface area contributed by atoms with Crippen molar-refractivity contribution >= 4 is 5.97 Å². The summed E-state index contributed by atoms with van der Waals surface area (Å²) in [5, 5.41) is 17.4. The first-order chi connectivity index (χ1) is 7.09. The van der Waals surface area contributed by atoms with Gasteiger partial charge < -0.3 is 14.9 Å². The SMILES string of the molecule is CC(/C=C(\O)C(=O)O)Oc1ccccc1. The van der Waals surface area contributed by atoms with Gasteiger partial charge in [0.05, 0.1) is 0 Å². The molecule has 1 aromatic rings. The molecule has 0 saturated heterocycles. The number of aliphatic hydroxyl groups is 1. The van der Waals surface area contributed by atoms with Gasteiger partial charge in [-0.25, -0.2) is 4.79 Å². The Morgan fingerprint density at radius 2 is 1.93 bits per heavy atom. The number of carbonyl (C=O) groups is 1. The fourth-order valence-electron chi connectivity index (χ4n) is 1.04. The van der Waals surface area contributed by atoms with Gasteiger partial charge in [-0.1, -0.05) is 18.2 Å². The zero-order chi connectivity index (χ0) is 11.3. The van der Waals surface area contributed by atoms with Gasteiger partial charge in [-0.05, 0) is 19.1 Å². The zero-order valence-corrected chi connectivity index (χ0v) is 8.25. The van der Waals surface area contributed by atoms with Crippen LogP contribution in [0.1, 0.15) is 6.92 Å². The van der Waals surface area contributed by atoms with Crippen molar-refractivity contribution in [2.24, 2.45) is 0 Å². The number of carboxylic acids is 1. The molecular weight excluding hydrogens is 196 g/mol. The molecule has 1 unspecified atom stereocenters. The van der Waals surface area contributed by atoms with Gasteiger partial charge in [0, 0.05) is 6.08 Å². The Morgan fingerprint density at radius 3 is 2.47 bits per heavy atom. The molecule has 4 nitrogen and oxygen atoms in total. The predicted octanol–water partition coefficient (Wildman–Crippen LogP) is 1.98. The number of benzene rings is 1. The third kappa shape index (κ3) is 3.72. The molecule has 1 aromatic carbocycles. The number of carboxylic acid groups (broad SMARTS) is 1. The van der Waals surface area contributed by atoms with Crippen molar-refractivity contribution in [1.29, 1.82) is 0 Å². The second kappa shape index (κ2) is 5.05. The van der Waals surface area contributed by atoms with E-state index in [-0.39, 0.29) is 0 Å². The Kier molecular flexibility index (Phi) is 3.74. The summed E-state index contributed by atoms with van der Waals surface area (Å²) in [6.45, 7) is 1.64. The first-order valence-corrected chi connectivity index (χ1v) is 4.45. The molecule has 0 amide bonds. The molecular formula is C11H12O4. The number of hydrogen-bond donors (Lipinski definition) is 2. The molecule has 0 heterocycles. The molecule has 4 heteroatoms. The summed E-state index contributed by atoms with van der Waals surface area (Å²) >= 11 is 0. The second-order valence-corrected chi connectivity index (χ2v) is 2.99. The van der Waals surface area contributed by atoms with E-state index in [1.807, 2.05) is 18.2 Å². The molecule has 80 valence electrons. The molecule has 0 aromatic heterocycles. The lowest BCUT2D eigenvalue weighted by atomic mass is 10.3. The van der Waals surface area contributed by atoms with Gasteiger partial charge in [-0.15, -0.1) is 0 Å². The normalized spacial score (nSPS) is 13.3. The monoisotopic (exact) mass is 208 g/mol. The summed E-state index contributed by atoms with van der Waals surface area (Å²) in [5.74, 6) is -1.45. The maximum Gasteiger partial charge on any atom is 0.370 e. The summed E-state index contributed by atoms with van der Waals surface area (Å²) in [5.41, 5.74) is 0. The van der Waals surface area contributed by atoms with Crippen LogP contribution in [0.25, 0.3) is 0 Å². The Hall–Kier alpha value is -1.97. The van der Waals surface area contributed by atoms with Crippen molar-refractivity contribution in [3.8, 4) is 5.75 Å². The highest BCUT2D eigenvalue weighted by Crippen LogP contribution is 2.11. The van der Waals surface area contributed by atoms with Crippen LogP contribution in [0.3, 0.4) is 0 Å². The number of hydrogen-bond acceptors (Lipinski definition) is 3.